The van der Waals surface area contributed by atoms with E-state index in [9.17, 15) is 8.42 Å². The number of aryl methyl sites for hydroxylation is 1. The van der Waals surface area contributed by atoms with Crippen LogP contribution in [-0.4, -0.2) is 32.8 Å². The summed E-state index contributed by atoms with van der Waals surface area (Å²) in [4.78, 5) is 2.86. The highest BCUT2D eigenvalue weighted by molar-refractivity contribution is 7.86. The summed E-state index contributed by atoms with van der Waals surface area (Å²) in [6.45, 7) is 9.81. The van der Waals surface area contributed by atoms with Crippen molar-refractivity contribution in [2.24, 2.45) is 5.11 Å². The van der Waals surface area contributed by atoms with Gasteiger partial charge < -0.3 is 4.74 Å². The van der Waals surface area contributed by atoms with Gasteiger partial charge in [-0.15, -0.1) is 0 Å². The lowest BCUT2D eigenvalue weighted by Crippen LogP contribution is -2.33. The minimum absolute atomic E-state index is 0.141. The van der Waals surface area contributed by atoms with Crippen molar-refractivity contribution < 1.29 is 17.3 Å². The lowest BCUT2D eigenvalue weighted by atomic mass is 10.0. The second-order valence-corrected chi connectivity index (χ2v) is 8.72. The number of hydrogen-bond donors (Lipinski definition) is 0. The summed E-state index contributed by atoms with van der Waals surface area (Å²) in [5.74, 6) is 0. The van der Waals surface area contributed by atoms with Gasteiger partial charge in [-0.1, -0.05) is 22.8 Å². The average molecular weight is 369 g/mol. The molecule has 0 N–H and O–H groups in total. The molecule has 1 rings (SSSR count). The van der Waals surface area contributed by atoms with E-state index in [0.29, 0.717) is 26.0 Å². The molecular weight excluding hydrogens is 342 g/mol. The van der Waals surface area contributed by atoms with E-state index < -0.39 is 21.3 Å². The molecule has 0 aliphatic carbocycles. The molecule has 8 heteroatoms. The SMILES string of the molecule is Cc1ccc(S(=O)(=O)OC(C)(C)CCOC(C)(C)CCN=[N+]=[N-])cc1. The van der Waals surface area contributed by atoms with Crippen molar-refractivity contribution in [2.45, 2.75) is 63.6 Å². The summed E-state index contributed by atoms with van der Waals surface area (Å²) in [6, 6.07) is 6.54. The summed E-state index contributed by atoms with van der Waals surface area (Å²) < 4.78 is 35.9. The highest BCUT2D eigenvalue weighted by Crippen LogP contribution is 2.24. The maximum atomic E-state index is 12.4. The summed E-state index contributed by atoms with van der Waals surface area (Å²) >= 11 is 0. The van der Waals surface area contributed by atoms with Gasteiger partial charge in [0.1, 0.15) is 0 Å². The zero-order valence-electron chi connectivity index (χ0n) is 15.5. The molecule has 0 bridgehead atoms. The second kappa shape index (κ2) is 8.67. The molecule has 0 aromatic heterocycles. The fourth-order valence-corrected chi connectivity index (χ4v) is 3.34. The van der Waals surface area contributed by atoms with E-state index in [1.165, 1.54) is 12.1 Å². The normalized spacial score (nSPS) is 12.7. The lowest BCUT2D eigenvalue weighted by Gasteiger charge is -2.29. The predicted molar refractivity (Wildman–Crippen MR) is 96.8 cm³/mol. The van der Waals surface area contributed by atoms with Gasteiger partial charge in [0.05, 0.1) is 22.7 Å². The van der Waals surface area contributed by atoms with E-state index in [1.54, 1.807) is 26.0 Å². The van der Waals surface area contributed by atoms with Gasteiger partial charge in [0, 0.05) is 17.9 Å². The van der Waals surface area contributed by atoms with Gasteiger partial charge in [-0.2, -0.15) is 8.42 Å². The largest absolute Gasteiger partial charge is 0.375 e. The fourth-order valence-electron chi connectivity index (χ4n) is 2.10. The van der Waals surface area contributed by atoms with Crippen LogP contribution in [0.4, 0.5) is 0 Å². The van der Waals surface area contributed by atoms with Crippen molar-refractivity contribution in [1.29, 1.82) is 0 Å². The molecule has 0 spiro atoms. The highest BCUT2D eigenvalue weighted by Gasteiger charge is 2.29. The first-order chi connectivity index (χ1) is 11.5. The van der Waals surface area contributed by atoms with Crippen LogP contribution < -0.4 is 0 Å². The van der Waals surface area contributed by atoms with Crippen molar-refractivity contribution in [2.75, 3.05) is 13.2 Å². The molecule has 7 nitrogen and oxygen atoms in total. The zero-order chi connectivity index (χ0) is 19.1. The molecule has 25 heavy (non-hydrogen) atoms. The molecular formula is C17H27N3O4S. The monoisotopic (exact) mass is 369 g/mol. The summed E-state index contributed by atoms with van der Waals surface area (Å²) in [5, 5.41) is 3.50. The number of azide groups is 1. The smallest absolute Gasteiger partial charge is 0.297 e. The molecule has 140 valence electrons. The fraction of sp³-hybridized carbons (Fsp3) is 0.647. The first-order valence-electron chi connectivity index (χ1n) is 8.15. The van der Waals surface area contributed by atoms with Crippen LogP contribution in [0.1, 0.15) is 46.1 Å². The van der Waals surface area contributed by atoms with Crippen LogP contribution in [0.3, 0.4) is 0 Å². The molecule has 0 aliphatic heterocycles. The Balaban J connectivity index is 2.60. The lowest BCUT2D eigenvalue weighted by molar-refractivity contribution is -0.0424. The molecule has 1 aromatic carbocycles. The van der Waals surface area contributed by atoms with Crippen LogP contribution in [0.15, 0.2) is 34.3 Å². The summed E-state index contributed by atoms with van der Waals surface area (Å²) in [7, 11) is -3.83. The van der Waals surface area contributed by atoms with Gasteiger partial charge >= 0.3 is 0 Å². The van der Waals surface area contributed by atoms with Gasteiger partial charge in [-0.25, -0.2) is 0 Å². The Labute approximate surface area is 150 Å². The number of hydrogen-bond acceptors (Lipinski definition) is 5. The Bertz CT molecular complexity index is 706. The topological polar surface area (TPSA) is 101 Å². The first-order valence-corrected chi connectivity index (χ1v) is 9.55. The van der Waals surface area contributed by atoms with Crippen LogP contribution in [0.2, 0.25) is 0 Å². The number of rotatable bonds is 10. The predicted octanol–water partition coefficient (Wildman–Crippen LogP) is 4.36. The molecule has 0 heterocycles. The van der Waals surface area contributed by atoms with Gasteiger partial charge in [-0.3, -0.25) is 4.18 Å². The van der Waals surface area contributed by atoms with E-state index >= 15 is 0 Å². The minimum Gasteiger partial charge on any atom is -0.375 e. The first kappa shape index (κ1) is 21.4. The van der Waals surface area contributed by atoms with Gasteiger partial charge in [-0.05, 0) is 58.7 Å². The highest BCUT2D eigenvalue weighted by atomic mass is 32.2. The third kappa shape index (κ3) is 7.88. The number of ether oxygens (including phenoxy) is 1. The molecule has 0 amide bonds. The van der Waals surface area contributed by atoms with Crippen LogP contribution in [0.25, 0.3) is 10.4 Å². The molecule has 1 aromatic rings. The van der Waals surface area contributed by atoms with Gasteiger partial charge in [0.2, 0.25) is 0 Å². The van der Waals surface area contributed by atoms with E-state index in [0.717, 1.165) is 5.56 Å². The van der Waals surface area contributed by atoms with Crippen molar-refractivity contribution in [1.82, 2.24) is 0 Å². The van der Waals surface area contributed by atoms with Crippen LogP contribution in [-0.2, 0) is 19.0 Å². The van der Waals surface area contributed by atoms with Crippen molar-refractivity contribution >= 4 is 10.1 Å². The molecule has 0 unspecified atom stereocenters. The third-order valence-electron chi connectivity index (χ3n) is 3.72. The van der Waals surface area contributed by atoms with Crippen LogP contribution in [0.5, 0.6) is 0 Å². The Morgan fingerprint density at radius 1 is 1.08 bits per heavy atom. The quantitative estimate of drug-likeness (QED) is 0.264. The van der Waals surface area contributed by atoms with Crippen LogP contribution in [0, 0.1) is 6.92 Å². The van der Waals surface area contributed by atoms with E-state index in [1.807, 2.05) is 20.8 Å². The average Bonchev–Trinajstić information content (AvgIpc) is 2.46. The maximum absolute atomic E-state index is 12.4. The van der Waals surface area contributed by atoms with Gasteiger partial charge in [0.25, 0.3) is 10.1 Å². The van der Waals surface area contributed by atoms with E-state index in [4.69, 9.17) is 14.5 Å². The zero-order valence-corrected chi connectivity index (χ0v) is 16.3. The van der Waals surface area contributed by atoms with Crippen molar-refractivity contribution in [3.63, 3.8) is 0 Å². The number of benzene rings is 1. The number of nitrogens with zero attached hydrogens (tertiary/aromatic N) is 3. The third-order valence-corrected chi connectivity index (χ3v) is 5.24. The van der Waals surface area contributed by atoms with Crippen molar-refractivity contribution in [3.05, 3.63) is 40.3 Å². The van der Waals surface area contributed by atoms with Crippen LogP contribution >= 0.6 is 0 Å². The Kier molecular flexibility index (Phi) is 7.44. The van der Waals surface area contributed by atoms with E-state index in [2.05, 4.69) is 10.0 Å². The summed E-state index contributed by atoms with van der Waals surface area (Å²) in [6.07, 6.45) is 0.989. The molecule has 0 atom stereocenters. The molecule has 0 aliphatic rings. The summed E-state index contributed by atoms with van der Waals surface area (Å²) in [5.41, 5.74) is 7.93. The Morgan fingerprint density at radius 3 is 2.24 bits per heavy atom. The molecule has 0 radical (unpaired) electrons. The van der Waals surface area contributed by atoms with Gasteiger partial charge in [0.15, 0.2) is 0 Å². The Morgan fingerprint density at radius 2 is 1.68 bits per heavy atom. The molecule has 0 saturated heterocycles. The minimum atomic E-state index is -3.83. The molecule has 0 fully saturated rings. The second-order valence-electron chi connectivity index (χ2n) is 7.17. The standard InChI is InChI=1S/C17H27N3O4S/c1-14-6-8-15(9-7-14)25(21,22)24-17(4,5)11-13-23-16(2,3)10-12-19-20-18/h6-9H,10-13H2,1-5H3. The maximum Gasteiger partial charge on any atom is 0.297 e. The Hall–Kier alpha value is -1.60. The molecule has 0 saturated carbocycles. The van der Waals surface area contributed by atoms with E-state index in [-0.39, 0.29) is 4.90 Å². The van der Waals surface area contributed by atoms with Crippen molar-refractivity contribution in [3.8, 4) is 0 Å².